The summed E-state index contributed by atoms with van der Waals surface area (Å²) in [7, 11) is 6.08. The Kier molecular flexibility index (Phi) is 27.0. The van der Waals surface area contributed by atoms with Crippen LogP contribution in [0.1, 0.15) is 53.9 Å². The van der Waals surface area contributed by atoms with Crippen LogP contribution >= 0.6 is 0 Å². The van der Waals surface area contributed by atoms with Crippen LogP contribution in [0.5, 0.6) is 0 Å². The fourth-order valence-corrected chi connectivity index (χ4v) is 2.79. The van der Waals surface area contributed by atoms with Crippen molar-refractivity contribution >= 4 is 29.7 Å². The number of methoxy groups -OCH3 is 4. The van der Waals surface area contributed by atoms with Gasteiger partial charge in [0, 0.05) is 53.4 Å². The average Bonchev–Trinajstić information content (AvgIpc) is 2.92. The lowest BCUT2D eigenvalue weighted by molar-refractivity contribution is -0.154. The molecule has 0 spiro atoms. The summed E-state index contributed by atoms with van der Waals surface area (Å²) >= 11 is 0. The van der Waals surface area contributed by atoms with E-state index in [0.717, 1.165) is 6.42 Å². The molecule has 250 valence electrons. The lowest BCUT2D eigenvalue weighted by Crippen LogP contribution is -2.36. The minimum Gasteiger partial charge on any atom is -0.481 e. The summed E-state index contributed by atoms with van der Waals surface area (Å²) < 4.78 is 30.2. The molecule has 0 aliphatic rings. The number of rotatable bonds is 19. The molecule has 0 aliphatic heterocycles. The first-order valence-corrected chi connectivity index (χ1v) is 13.4. The van der Waals surface area contributed by atoms with Crippen molar-refractivity contribution in [3.05, 3.63) is 24.3 Å². The second-order valence-electron chi connectivity index (χ2n) is 9.78. The van der Waals surface area contributed by atoms with E-state index in [1.165, 1.54) is 28.1 Å². The van der Waals surface area contributed by atoms with E-state index in [4.69, 9.17) is 33.5 Å². The van der Waals surface area contributed by atoms with Crippen molar-refractivity contribution in [1.29, 1.82) is 0 Å². The molecule has 3 N–H and O–H groups in total. The quantitative estimate of drug-likeness (QED) is 0.109. The number of amides is 2. The largest absolute Gasteiger partial charge is 0.481 e. The molecule has 0 rings (SSSR count). The van der Waals surface area contributed by atoms with Gasteiger partial charge in [0.15, 0.2) is 0 Å². The summed E-state index contributed by atoms with van der Waals surface area (Å²) in [5, 5.41) is 13.5. The standard InChI is InChI=1S/C17H28O6.C7H14O4.C5H10N2O2/c1-12(2)16(18)22-10-14(20-5)8-7-9-15(21-6)11-23-17(19)13(3)4;1-7(4-10-2,5-11-3)6(8)9;1-4(8)6-3-7-5(2)9/h14-15H,1,3,7-11H2,2,4-6H3;4-5H2,1-3H3,(H,8,9);3H2,1-2H3,(H,6,8)(H,7,9). The van der Waals surface area contributed by atoms with Crippen LogP contribution in [0.4, 0.5) is 0 Å². The number of carbonyl (C=O) groups is 5. The Hall–Kier alpha value is -3.33. The van der Waals surface area contributed by atoms with E-state index in [1.807, 2.05) is 0 Å². The maximum Gasteiger partial charge on any atom is 0.333 e. The molecule has 2 unspecified atom stereocenters. The van der Waals surface area contributed by atoms with Crippen molar-refractivity contribution in [2.24, 2.45) is 5.41 Å². The SMILES string of the molecule is C=C(C)C(=O)OCC(CCCC(COC(=O)C(=C)C)OC)OC.CC(=O)NCNC(C)=O.COCC(C)(COC)C(=O)O. The normalized spacial score (nSPS) is 11.7. The number of carboxylic acids is 1. The predicted molar refractivity (Wildman–Crippen MR) is 159 cm³/mol. The van der Waals surface area contributed by atoms with Gasteiger partial charge >= 0.3 is 17.9 Å². The number of hydrogen-bond donors (Lipinski definition) is 3. The first-order valence-electron chi connectivity index (χ1n) is 13.4. The van der Waals surface area contributed by atoms with Crippen LogP contribution in [-0.4, -0.2) is 109 Å². The van der Waals surface area contributed by atoms with Gasteiger partial charge < -0.3 is 44.2 Å². The van der Waals surface area contributed by atoms with Gasteiger partial charge in [-0.2, -0.15) is 0 Å². The summed E-state index contributed by atoms with van der Waals surface area (Å²) in [4.78, 5) is 53.7. The molecule has 0 saturated carbocycles. The molecule has 0 aliphatic carbocycles. The van der Waals surface area contributed by atoms with E-state index in [2.05, 4.69) is 23.8 Å². The Morgan fingerprint density at radius 3 is 1.30 bits per heavy atom. The van der Waals surface area contributed by atoms with Gasteiger partial charge in [-0.25, -0.2) is 9.59 Å². The third kappa shape index (κ3) is 26.1. The highest BCUT2D eigenvalue weighted by molar-refractivity contribution is 5.87. The number of hydrogen-bond acceptors (Lipinski definition) is 11. The highest BCUT2D eigenvalue weighted by Crippen LogP contribution is 2.16. The molecule has 43 heavy (non-hydrogen) atoms. The van der Waals surface area contributed by atoms with Crippen molar-refractivity contribution in [3.8, 4) is 0 Å². The number of carbonyl (C=O) groups excluding carboxylic acids is 4. The van der Waals surface area contributed by atoms with Gasteiger partial charge in [-0.3, -0.25) is 14.4 Å². The van der Waals surface area contributed by atoms with Crippen LogP contribution in [0.3, 0.4) is 0 Å². The number of aliphatic carboxylic acids is 1. The predicted octanol–water partition coefficient (Wildman–Crippen LogP) is 2.01. The molecule has 0 aromatic carbocycles. The Morgan fingerprint density at radius 2 is 1.07 bits per heavy atom. The van der Waals surface area contributed by atoms with Crippen LogP contribution in [0.15, 0.2) is 24.3 Å². The topological polar surface area (TPSA) is 185 Å². The lowest BCUT2D eigenvalue weighted by atomic mass is 9.93. The molecule has 0 radical (unpaired) electrons. The maximum atomic E-state index is 11.3. The highest BCUT2D eigenvalue weighted by atomic mass is 16.6. The monoisotopic (exact) mass is 620 g/mol. The van der Waals surface area contributed by atoms with Gasteiger partial charge in [0.05, 0.1) is 32.1 Å². The molecule has 0 bridgehead atoms. The summed E-state index contributed by atoms with van der Waals surface area (Å²) in [6.07, 6.45) is 1.82. The molecule has 2 atom stereocenters. The zero-order chi connectivity index (χ0) is 34.0. The van der Waals surface area contributed by atoms with Crippen LogP contribution in [-0.2, 0) is 52.4 Å². The van der Waals surface area contributed by atoms with E-state index in [1.54, 1.807) is 35.0 Å². The molecule has 0 heterocycles. The van der Waals surface area contributed by atoms with Gasteiger partial charge in [-0.1, -0.05) is 13.2 Å². The van der Waals surface area contributed by atoms with Crippen molar-refractivity contribution in [3.63, 3.8) is 0 Å². The number of nitrogens with one attached hydrogen (secondary N) is 2. The van der Waals surface area contributed by atoms with Gasteiger partial charge in [-0.05, 0) is 40.0 Å². The van der Waals surface area contributed by atoms with E-state index in [0.29, 0.717) is 24.0 Å². The van der Waals surface area contributed by atoms with Crippen molar-refractivity contribution in [2.75, 3.05) is 61.5 Å². The molecule has 14 heteroatoms. The minimum absolute atomic E-state index is 0.149. The summed E-state index contributed by atoms with van der Waals surface area (Å²) in [5.74, 6) is -2.05. The van der Waals surface area contributed by atoms with Crippen molar-refractivity contribution < 1.29 is 57.5 Å². The Bertz CT molecular complexity index is 818. The summed E-state index contributed by atoms with van der Waals surface area (Å²) in [5.41, 5.74) is -0.207. The van der Waals surface area contributed by atoms with Crippen molar-refractivity contribution in [2.45, 2.75) is 66.1 Å². The number of esters is 2. The van der Waals surface area contributed by atoms with E-state index < -0.39 is 23.3 Å². The maximum absolute atomic E-state index is 11.3. The molecule has 0 aromatic heterocycles. The fourth-order valence-electron chi connectivity index (χ4n) is 2.79. The van der Waals surface area contributed by atoms with Crippen LogP contribution < -0.4 is 10.6 Å². The molecule has 0 aromatic rings. The van der Waals surface area contributed by atoms with E-state index in [9.17, 15) is 24.0 Å². The lowest BCUT2D eigenvalue weighted by Gasteiger charge is -2.22. The summed E-state index contributed by atoms with van der Waals surface area (Å²) in [6.45, 7) is 15.5. The second kappa shape index (κ2) is 26.3. The van der Waals surface area contributed by atoms with E-state index >= 15 is 0 Å². The van der Waals surface area contributed by atoms with Crippen LogP contribution in [0.2, 0.25) is 0 Å². The third-order valence-corrected chi connectivity index (χ3v) is 5.33. The highest BCUT2D eigenvalue weighted by Gasteiger charge is 2.33. The molecule has 14 nitrogen and oxygen atoms in total. The third-order valence-electron chi connectivity index (χ3n) is 5.33. The zero-order valence-corrected chi connectivity index (χ0v) is 27.2. The molecular formula is C29H52N2O12. The van der Waals surface area contributed by atoms with Crippen molar-refractivity contribution in [1.82, 2.24) is 10.6 Å². The van der Waals surface area contributed by atoms with Gasteiger partial charge in [-0.15, -0.1) is 0 Å². The summed E-state index contributed by atoms with van der Waals surface area (Å²) in [6, 6.07) is 0. The molecule has 0 fully saturated rings. The number of carboxylic acid groups (broad SMARTS) is 1. The second-order valence-corrected chi connectivity index (χ2v) is 9.78. The Morgan fingerprint density at radius 1 is 0.721 bits per heavy atom. The first-order chi connectivity index (χ1) is 20.0. The average molecular weight is 621 g/mol. The Labute approximate surface area is 255 Å². The first kappa shape index (κ1) is 44.1. The zero-order valence-electron chi connectivity index (χ0n) is 27.2. The fraction of sp³-hybridized carbons (Fsp3) is 0.690. The van der Waals surface area contributed by atoms with Crippen LogP contribution in [0.25, 0.3) is 0 Å². The molecule has 2 amide bonds. The molecular weight excluding hydrogens is 568 g/mol. The minimum atomic E-state index is -0.927. The van der Waals surface area contributed by atoms with Gasteiger partial charge in [0.2, 0.25) is 11.8 Å². The van der Waals surface area contributed by atoms with Gasteiger partial charge in [0.1, 0.15) is 18.6 Å². The number of ether oxygens (including phenoxy) is 6. The molecule has 0 saturated heterocycles. The van der Waals surface area contributed by atoms with Crippen LogP contribution in [0, 0.1) is 5.41 Å². The smallest absolute Gasteiger partial charge is 0.333 e. The van der Waals surface area contributed by atoms with Gasteiger partial charge in [0.25, 0.3) is 0 Å². The Balaban J connectivity index is -0.000000659. The van der Waals surface area contributed by atoms with E-state index in [-0.39, 0.29) is 57.1 Å².